The molecule has 5 heterocycles. The quantitative estimate of drug-likeness (QED) is 0.0272. The third-order valence-corrected chi connectivity index (χ3v) is 16.5. The summed E-state index contributed by atoms with van der Waals surface area (Å²) in [7, 11) is 0. The van der Waals surface area contributed by atoms with Gasteiger partial charge in [0.15, 0.2) is 0 Å². The van der Waals surface area contributed by atoms with E-state index in [-0.39, 0.29) is 32.7 Å². The first-order valence-electron chi connectivity index (χ1n) is 41.5. The fraction of sp³-hybridized carbons (Fsp3) is 0.837. The fourth-order valence-corrected chi connectivity index (χ4v) is 10.7. The van der Waals surface area contributed by atoms with Gasteiger partial charge in [0.25, 0.3) is 0 Å². The molecule has 5 aromatic rings. The molecule has 0 bridgehead atoms. The molecule has 5 aromatic heterocycles. The molecule has 0 unspecified atom stereocenters. The number of nitrogens with zero attached hydrogens (tertiary/aromatic N) is 15. The van der Waals surface area contributed by atoms with Gasteiger partial charge < -0.3 is 6.92 Å². The van der Waals surface area contributed by atoms with Gasteiger partial charge in [0, 0.05) is 65.4 Å². The van der Waals surface area contributed by atoms with Gasteiger partial charge in [-0.1, -0.05) is 296 Å². The minimum Gasteiger partial charge on any atom is -0.341 e. The third kappa shape index (κ3) is 69.5. The van der Waals surface area contributed by atoms with Crippen LogP contribution in [0.2, 0.25) is 0 Å². The van der Waals surface area contributed by atoms with Crippen molar-refractivity contribution in [2.24, 2.45) is 71.0 Å². The summed E-state index contributed by atoms with van der Waals surface area (Å²) >= 11 is 0. The molecule has 0 N–H and O–H groups in total. The van der Waals surface area contributed by atoms with Gasteiger partial charge in [-0.15, -0.1) is 31.9 Å². The van der Waals surface area contributed by atoms with E-state index in [1.54, 1.807) is 0 Å². The molecule has 0 aliphatic rings. The Labute approximate surface area is 658 Å². The number of hydrogen-bond donors (Lipinski definition) is 0. The molecule has 5 rings (SSSR count). The van der Waals surface area contributed by atoms with E-state index in [1.165, 1.54) is 183 Å². The SMILES string of the molecule is CC(C)CCCCCn1nncc1CC(C)C.CC(C)CCCCCn1nncc1CC(C)C.CC(C)CCCCn1nncc1CCC(C)C.CC(C)CCCCn1nncc1CCC(C)C.CC(C)CCCc1cnnn1CCCC(C)C.CCC.[CH2-]/C=C/CCCC(C)C.[CH2-]C(C)C.[Y]. The molecule has 0 aromatic carbocycles. The van der Waals surface area contributed by atoms with Crippen LogP contribution >= 0.6 is 0 Å². The van der Waals surface area contributed by atoms with Crippen molar-refractivity contribution in [2.75, 3.05) is 0 Å². The van der Waals surface area contributed by atoms with Crippen LogP contribution in [0.3, 0.4) is 0 Å². The number of hydrogen-bond acceptors (Lipinski definition) is 10. The Morgan fingerprint density at radius 3 is 0.804 bits per heavy atom. The van der Waals surface area contributed by atoms with Gasteiger partial charge >= 0.3 is 0 Å². The summed E-state index contributed by atoms with van der Waals surface area (Å²) in [6, 6.07) is 0. The van der Waals surface area contributed by atoms with Crippen molar-refractivity contribution in [1.82, 2.24) is 75.0 Å². The van der Waals surface area contributed by atoms with Crippen molar-refractivity contribution in [3.05, 3.63) is 85.5 Å². The standard InChI is InChI=1S/5C14H27N3.C9H17.C4H9.C3H8.Y/c1-12(2)7-5-9-14-11-15-16-17(14)10-6-8-13(3)4;2*1-12(2)7-5-6-10-17-14(11-15-16-17)9-8-13(3)4;2*1-12(2)8-6-5-7-9-17-14(10-13(3)4)11-15-16-17;1-4-5-6-7-8-9(2)3;1-4(2)3;1-3-2;/h5*11-13H,5-10H2,1-4H3;4-5,9H,1,6-8H2,2-3H3;4H,1H2,2-3H3;3H2,1-2H3;/q;;;;;2*-1;;/b;;;;;5-4+;;;. The Bertz CT molecular complexity index is 2350. The summed E-state index contributed by atoms with van der Waals surface area (Å²) in [5, 5.41) is 41.0. The van der Waals surface area contributed by atoms with Crippen LogP contribution in [0.5, 0.6) is 0 Å². The van der Waals surface area contributed by atoms with Crippen LogP contribution in [0, 0.1) is 84.9 Å². The number of aryl methyl sites for hydroxylation is 8. The second kappa shape index (κ2) is 70.4. The Morgan fingerprint density at radius 2 is 0.520 bits per heavy atom. The maximum Gasteiger partial charge on any atom is 0.0725 e. The minimum absolute atomic E-state index is 0. The first kappa shape index (κ1) is 105. The molecule has 0 saturated heterocycles. The van der Waals surface area contributed by atoms with Crippen LogP contribution in [-0.2, 0) is 97.5 Å². The van der Waals surface area contributed by atoms with Crippen LogP contribution in [-0.4, -0.2) is 75.0 Å². The molecule has 102 heavy (non-hydrogen) atoms. The Hall–Kier alpha value is -3.59. The van der Waals surface area contributed by atoms with E-state index in [0.29, 0.717) is 17.8 Å². The zero-order valence-electron chi connectivity index (χ0n) is 72.2. The van der Waals surface area contributed by atoms with Crippen molar-refractivity contribution < 1.29 is 32.7 Å². The Balaban J connectivity index is -0.000000557. The topological polar surface area (TPSA) is 154 Å². The normalized spacial score (nSPS) is 11.2. The number of allylic oxidation sites excluding steroid dienone is 2. The van der Waals surface area contributed by atoms with Crippen molar-refractivity contribution in [1.29, 1.82) is 0 Å². The van der Waals surface area contributed by atoms with Crippen LogP contribution in [0.1, 0.15) is 363 Å². The molecule has 0 spiro atoms. The minimum atomic E-state index is 0. The second-order valence-electron chi connectivity index (χ2n) is 33.8. The summed E-state index contributed by atoms with van der Waals surface area (Å²) in [5.74, 6) is 9.14. The Kier molecular flexibility index (Phi) is 72.3. The van der Waals surface area contributed by atoms with Crippen LogP contribution in [0.25, 0.3) is 0 Å². The zero-order valence-corrected chi connectivity index (χ0v) is 75.0. The summed E-state index contributed by atoms with van der Waals surface area (Å²) < 4.78 is 10.4. The number of aromatic nitrogens is 15. The van der Waals surface area contributed by atoms with E-state index in [0.717, 1.165) is 118 Å². The summed E-state index contributed by atoms with van der Waals surface area (Å²) in [6.07, 6.45) is 49.7. The van der Waals surface area contributed by atoms with E-state index in [4.69, 9.17) is 0 Å². The predicted octanol–water partition coefficient (Wildman–Crippen LogP) is 24.6. The van der Waals surface area contributed by atoms with Gasteiger partial charge in [-0.25, -0.2) is 42.5 Å². The van der Waals surface area contributed by atoms with E-state index in [9.17, 15) is 0 Å². The summed E-state index contributed by atoms with van der Waals surface area (Å²) in [5.41, 5.74) is 6.45. The first-order chi connectivity index (χ1) is 47.9. The van der Waals surface area contributed by atoms with E-state index >= 15 is 0 Å². The molecule has 1 radical (unpaired) electrons. The van der Waals surface area contributed by atoms with Crippen LogP contribution in [0.4, 0.5) is 0 Å². The molecule has 16 heteroatoms. The van der Waals surface area contributed by atoms with Crippen molar-refractivity contribution in [2.45, 2.75) is 399 Å². The van der Waals surface area contributed by atoms with Crippen LogP contribution in [0.15, 0.2) is 43.1 Å². The maximum absolute atomic E-state index is 4.18. The monoisotopic (exact) mass is 1500 g/mol. The van der Waals surface area contributed by atoms with Crippen molar-refractivity contribution in [3.8, 4) is 0 Å². The van der Waals surface area contributed by atoms with Gasteiger partial charge in [0.05, 0.1) is 59.5 Å². The van der Waals surface area contributed by atoms with E-state index in [2.05, 4.69) is 275 Å². The number of unbranched alkanes of at least 4 members (excludes halogenated alkanes) is 7. The molecule has 0 atom stereocenters. The molecule has 0 aliphatic carbocycles. The largest absolute Gasteiger partial charge is 0.341 e. The maximum atomic E-state index is 4.18. The number of rotatable bonds is 44. The summed E-state index contributed by atoms with van der Waals surface area (Å²) in [4.78, 5) is 0. The fourth-order valence-electron chi connectivity index (χ4n) is 10.7. The molecule has 15 nitrogen and oxygen atoms in total. The van der Waals surface area contributed by atoms with Gasteiger partial charge in [-0.05, 0) is 155 Å². The molecule has 0 aliphatic heterocycles. The molecular weight excluding hydrogens is 1330 g/mol. The molecule has 0 fully saturated rings. The molecule has 0 amide bonds. The van der Waals surface area contributed by atoms with Crippen molar-refractivity contribution >= 4 is 0 Å². The average molecular weight is 1500 g/mol. The summed E-state index contributed by atoms with van der Waals surface area (Å²) in [6.45, 7) is 70.6. The molecule has 593 valence electrons. The molecule has 0 saturated carbocycles. The van der Waals surface area contributed by atoms with Crippen molar-refractivity contribution in [3.63, 3.8) is 0 Å². The van der Waals surface area contributed by atoms with Gasteiger partial charge in [0.1, 0.15) is 0 Å². The van der Waals surface area contributed by atoms with E-state index in [1.807, 2.05) is 37.1 Å². The second-order valence-corrected chi connectivity index (χ2v) is 33.8. The first-order valence-corrected chi connectivity index (χ1v) is 41.5. The van der Waals surface area contributed by atoms with Gasteiger partial charge in [-0.3, -0.25) is 0 Å². The van der Waals surface area contributed by atoms with E-state index < -0.39 is 0 Å². The van der Waals surface area contributed by atoms with Gasteiger partial charge in [-0.2, -0.15) is 5.92 Å². The zero-order chi connectivity index (χ0) is 76.8. The van der Waals surface area contributed by atoms with Gasteiger partial charge in [0.2, 0.25) is 0 Å². The Morgan fingerprint density at radius 1 is 0.294 bits per heavy atom. The smallest absolute Gasteiger partial charge is 0.0725 e. The average Bonchev–Trinajstić information content (AvgIpc) is 1.81. The third-order valence-electron chi connectivity index (χ3n) is 16.5. The van der Waals surface area contributed by atoms with Crippen LogP contribution < -0.4 is 0 Å². The predicted molar refractivity (Wildman–Crippen MR) is 439 cm³/mol. The molecular formula is C86H169N15Y-2.